The summed E-state index contributed by atoms with van der Waals surface area (Å²) in [6.07, 6.45) is 1.28. The summed E-state index contributed by atoms with van der Waals surface area (Å²) in [5.74, 6) is 3.44. The van der Waals surface area contributed by atoms with Gasteiger partial charge in [-0.1, -0.05) is 11.6 Å². The Bertz CT molecular complexity index is 668. The Morgan fingerprint density at radius 1 is 1.40 bits per heavy atom. The lowest BCUT2D eigenvalue weighted by Crippen LogP contribution is -2.17. The molecule has 0 fully saturated rings. The fourth-order valence-corrected chi connectivity index (χ4v) is 2.02. The molecule has 104 valence electrons. The van der Waals surface area contributed by atoms with E-state index in [0.29, 0.717) is 15.2 Å². The highest BCUT2D eigenvalue weighted by atomic mass is 79.9. The van der Waals surface area contributed by atoms with E-state index < -0.39 is 11.7 Å². The first-order valence-electron chi connectivity index (χ1n) is 5.40. The van der Waals surface area contributed by atoms with Crippen LogP contribution in [0.15, 0.2) is 34.9 Å². The van der Waals surface area contributed by atoms with Gasteiger partial charge >= 0.3 is 0 Å². The molecule has 1 aromatic heterocycles. The van der Waals surface area contributed by atoms with E-state index in [1.807, 2.05) is 0 Å². The molecule has 1 amide bonds. The second-order valence-corrected chi connectivity index (χ2v) is 5.03. The van der Waals surface area contributed by atoms with Crippen molar-refractivity contribution < 1.29 is 9.18 Å². The summed E-state index contributed by atoms with van der Waals surface area (Å²) in [6.45, 7) is 0. The Morgan fingerprint density at radius 3 is 2.85 bits per heavy atom. The van der Waals surface area contributed by atoms with E-state index in [9.17, 15) is 9.18 Å². The fourth-order valence-electron chi connectivity index (χ4n) is 1.50. The van der Waals surface area contributed by atoms with Gasteiger partial charge in [0.1, 0.15) is 0 Å². The van der Waals surface area contributed by atoms with Gasteiger partial charge in [0.05, 0.1) is 11.3 Å². The van der Waals surface area contributed by atoms with Crippen molar-refractivity contribution in [3.8, 4) is 0 Å². The number of pyridine rings is 1. The van der Waals surface area contributed by atoms with Crippen LogP contribution in [-0.4, -0.2) is 10.9 Å². The van der Waals surface area contributed by atoms with E-state index in [1.165, 1.54) is 12.3 Å². The number of nitrogens with two attached hydrogens (primary N) is 1. The van der Waals surface area contributed by atoms with Crippen molar-refractivity contribution in [1.29, 1.82) is 0 Å². The number of hydrogen-bond acceptors (Lipinski definition) is 4. The lowest BCUT2D eigenvalue weighted by molar-refractivity contribution is 0.102. The quantitative estimate of drug-likeness (QED) is 0.581. The molecule has 0 saturated carbocycles. The maximum Gasteiger partial charge on any atom is 0.258 e. The van der Waals surface area contributed by atoms with Crippen molar-refractivity contribution in [2.24, 2.45) is 5.84 Å². The minimum atomic E-state index is -0.828. The number of nitrogens with zero attached hydrogens (tertiary/aromatic N) is 1. The van der Waals surface area contributed by atoms with E-state index in [1.54, 1.807) is 18.2 Å². The van der Waals surface area contributed by atoms with Crippen molar-refractivity contribution in [3.05, 3.63) is 51.3 Å². The molecule has 0 unspecified atom stereocenters. The molecule has 0 radical (unpaired) electrons. The number of benzene rings is 1. The smallest absolute Gasteiger partial charge is 0.258 e. The summed E-state index contributed by atoms with van der Waals surface area (Å²) in [7, 11) is 0. The van der Waals surface area contributed by atoms with Crippen LogP contribution in [-0.2, 0) is 0 Å². The van der Waals surface area contributed by atoms with Crippen LogP contribution in [0.25, 0.3) is 0 Å². The number of nitrogens with one attached hydrogen (secondary N) is 2. The average Bonchev–Trinajstić information content (AvgIpc) is 2.43. The van der Waals surface area contributed by atoms with E-state index in [2.05, 4.69) is 31.7 Å². The Kier molecular flexibility index (Phi) is 4.53. The van der Waals surface area contributed by atoms with Crippen LogP contribution >= 0.6 is 27.5 Å². The number of halogens is 3. The number of carbonyl (C=O) groups excluding carboxylic acids is 1. The highest BCUT2D eigenvalue weighted by Gasteiger charge is 2.16. The van der Waals surface area contributed by atoms with Crippen molar-refractivity contribution in [3.63, 3.8) is 0 Å². The van der Waals surface area contributed by atoms with E-state index in [-0.39, 0.29) is 11.4 Å². The van der Waals surface area contributed by atoms with Crippen LogP contribution < -0.4 is 16.6 Å². The topological polar surface area (TPSA) is 80.0 Å². The monoisotopic (exact) mass is 358 g/mol. The third kappa shape index (κ3) is 3.06. The van der Waals surface area contributed by atoms with Crippen LogP contribution in [0.2, 0.25) is 5.02 Å². The van der Waals surface area contributed by atoms with Gasteiger partial charge in [0.25, 0.3) is 5.91 Å². The van der Waals surface area contributed by atoms with E-state index in [4.69, 9.17) is 17.4 Å². The number of carbonyl (C=O) groups is 1. The largest absolute Gasteiger partial charge is 0.321 e. The van der Waals surface area contributed by atoms with Crippen molar-refractivity contribution in [1.82, 2.24) is 4.98 Å². The standard InChI is InChI=1S/C12H9BrClFN4O/c13-8-2-1-6(14)5-9(8)18-12(20)7-3-4-17-11(19-16)10(7)15/h1-5H,16H2,(H,17,19)(H,18,20). The molecule has 8 heteroatoms. The number of rotatable bonds is 3. The summed E-state index contributed by atoms with van der Waals surface area (Å²) in [4.78, 5) is 15.7. The van der Waals surface area contributed by atoms with E-state index >= 15 is 0 Å². The predicted octanol–water partition coefficient (Wildman–Crippen LogP) is 3.17. The molecule has 0 aliphatic rings. The number of anilines is 2. The Morgan fingerprint density at radius 2 is 2.15 bits per heavy atom. The highest BCUT2D eigenvalue weighted by molar-refractivity contribution is 9.10. The molecule has 2 rings (SSSR count). The zero-order valence-corrected chi connectivity index (χ0v) is 12.3. The summed E-state index contributed by atoms with van der Waals surface area (Å²) < 4.78 is 14.5. The molecule has 4 N–H and O–H groups in total. The number of amides is 1. The Balaban J connectivity index is 2.31. The van der Waals surface area contributed by atoms with Crippen molar-refractivity contribution in [2.45, 2.75) is 0 Å². The van der Waals surface area contributed by atoms with Crippen molar-refractivity contribution >= 4 is 44.9 Å². The van der Waals surface area contributed by atoms with Crippen molar-refractivity contribution in [2.75, 3.05) is 10.7 Å². The van der Waals surface area contributed by atoms with E-state index in [0.717, 1.165) is 0 Å². The second kappa shape index (κ2) is 6.17. The second-order valence-electron chi connectivity index (χ2n) is 3.74. The minimum absolute atomic E-state index is 0.181. The molecule has 1 aromatic carbocycles. The van der Waals surface area contributed by atoms with Gasteiger partial charge in [0.2, 0.25) is 0 Å². The Labute approximate surface area is 127 Å². The minimum Gasteiger partial charge on any atom is -0.321 e. The maximum atomic E-state index is 13.9. The lowest BCUT2D eigenvalue weighted by Gasteiger charge is -2.09. The molecule has 0 spiro atoms. The van der Waals surface area contributed by atoms with Gasteiger partial charge < -0.3 is 10.7 Å². The molecule has 2 aromatic rings. The van der Waals surface area contributed by atoms with Gasteiger partial charge in [-0.3, -0.25) is 4.79 Å². The first-order valence-corrected chi connectivity index (χ1v) is 6.57. The van der Waals surface area contributed by atoms with Crippen LogP contribution in [0.5, 0.6) is 0 Å². The van der Waals surface area contributed by atoms with Crippen LogP contribution in [0.4, 0.5) is 15.9 Å². The highest BCUT2D eigenvalue weighted by Crippen LogP contribution is 2.26. The molecule has 20 heavy (non-hydrogen) atoms. The first-order chi connectivity index (χ1) is 9.52. The maximum absolute atomic E-state index is 13.9. The summed E-state index contributed by atoms with van der Waals surface area (Å²) in [5.41, 5.74) is 2.33. The molecular formula is C12H9BrClFN4O. The van der Waals surface area contributed by atoms with Gasteiger partial charge in [-0.15, -0.1) is 0 Å². The van der Waals surface area contributed by atoms with Gasteiger partial charge in [0, 0.05) is 15.7 Å². The molecule has 0 aliphatic heterocycles. The van der Waals surface area contributed by atoms with Crippen LogP contribution in [0, 0.1) is 5.82 Å². The predicted molar refractivity (Wildman–Crippen MR) is 79.1 cm³/mol. The third-order valence-corrected chi connectivity index (χ3v) is 3.37. The molecule has 1 heterocycles. The first kappa shape index (κ1) is 14.7. The summed E-state index contributed by atoms with van der Waals surface area (Å²) in [6, 6.07) is 6.13. The van der Waals surface area contributed by atoms with Gasteiger partial charge in [0.15, 0.2) is 11.6 Å². The molecule has 5 nitrogen and oxygen atoms in total. The normalized spacial score (nSPS) is 10.2. The van der Waals surface area contributed by atoms with Crippen LogP contribution in [0.1, 0.15) is 10.4 Å². The summed E-state index contributed by atoms with van der Waals surface area (Å²) >= 11 is 9.11. The van der Waals surface area contributed by atoms with Gasteiger partial charge in [-0.05, 0) is 40.2 Å². The van der Waals surface area contributed by atoms with Gasteiger partial charge in [-0.25, -0.2) is 15.2 Å². The van der Waals surface area contributed by atoms with Crippen LogP contribution in [0.3, 0.4) is 0 Å². The third-order valence-electron chi connectivity index (χ3n) is 2.45. The summed E-state index contributed by atoms with van der Waals surface area (Å²) in [5, 5.41) is 3.00. The number of hydrazine groups is 1. The lowest BCUT2D eigenvalue weighted by atomic mass is 10.2. The SMILES string of the molecule is NNc1nccc(C(=O)Nc2cc(Cl)ccc2Br)c1F. The average molecular weight is 360 g/mol. The zero-order valence-electron chi connectivity index (χ0n) is 9.95. The number of hydrogen-bond donors (Lipinski definition) is 3. The number of nitrogen functional groups attached to an aromatic ring is 1. The fraction of sp³-hybridized carbons (Fsp3) is 0. The molecule has 0 aliphatic carbocycles. The molecular weight excluding hydrogens is 351 g/mol. The molecule has 0 bridgehead atoms. The van der Waals surface area contributed by atoms with Gasteiger partial charge in [-0.2, -0.15) is 0 Å². The molecule has 0 saturated heterocycles. The Hall–Kier alpha value is -1.70. The number of aromatic nitrogens is 1. The molecule has 0 atom stereocenters. The zero-order chi connectivity index (χ0) is 14.7.